The minimum absolute atomic E-state index is 0.636. The smallest absolute Gasteiger partial charge is 0.131 e. The Morgan fingerprint density at radius 1 is 1.24 bits per heavy atom. The van der Waals surface area contributed by atoms with Crippen LogP contribution < -0.4 is 0 Å². The van der Waals surface area contributed by atoms with E-state index in [2.05, 4.69) is 16.0 Å². The van der Waals surface area contributed by atoms with Crippen LogP contribution in [0.5, 0.6) is 0 Å². The molecule has 0 radical (unpaired) electrons. The van der Waals surface area contributed by atoms with Crippen LogP contribution in [0.2, 0.25) is 5.02 Å². The van der Waals surface area contributed by atoms with Gasteiger partial charge in [-0.05, 0) is 24.5 Å². The van der Waals surface area contributed by atoms with Crippen LogP contribution in [0.1, 0.15) is 41.4 Å². The lowest BCUT2D eigenvalue weighted by atomic mass is 10.1. The molecule has 0 saturated heterocycles. The standard InChI is InChI=1S/C17H18ClN3/c18-15-4-2-1-3-13(15)10-21-8-7-16-14(11-21)9-19-17(20-16)12-5-6-12/h1-4,9,12H,5-8,10-11H2. The second kappa shape index (κ2) is 5.39. The van der Waals surface area contributed by atoms with E-state index >= 15 is 0 Å². The molecule has 0 amide bonds. The van der Waals surface area contributed by atoms with Crippen molar-refractivity contribution in [3.8, 4) is 0 Å². The predicted molar refractivity (Wildman–Crippen MR) is 83.3 cm³/mol. The van der Waals surface area contributed by atoms with Crippen LogP contribution in [0.25, 0.3) is 0 Å². The first-order valence-electron chi connectivity index (χ1n) is 7.60. The molecule has 0 spiro atoms. The van der Waals surface area contributed by atoms with Crippen molar-refractivity contribution in [2.45, 2.75) is 38.3 Å². The van der Waals surface area contributed by atoms with Crippen LogP contribution in [-0.2, 0) is 19.5 Å². The van der Waals surface area contributed by atoms with E-state index in [1.54, 1.807) is 0 Å². The van der Waals surface area contributed by atoms with Crippen LogP contribution in [-0.4, -0.2) is 21.4 Å². The van der Waals surface area contributed by atoms with Gasteiger partial charge in [-0.25, -0.2) is 9.97 Å². The number of nitrogens with zero attached hydrogens (tertiary/aromatic N) is 3. The molecule has 1 fully saturated rings. The minimum atomic E-state index is 0.636. The molecule has 2 heterocycles. The van der Waals surface area contributed by atoms with Crippen molar-refractivity contribution in [2.24, 2.45) is 0 Å². The van der Waals surface area contributed by atoms with Crippen LogP contribution >= 0.6 is 11.6 Å². The first-order chi connectivity index (χ1) is 10.3. The Hall–Kier alpha value is -1.45. The van der Waals surface area contributed by atoms with Gasteiger partial charge in [0.05, 0.1) is 0 Å². The maximum Gasteiger partial charge on any atom is 0.131 e. The van der Waals surface area contributed by atoms with Crippen molar-refractivity contribution >= 4 is 11.6 Å². The Morgan fingerprint density at radius 2 is 2.10 bits per heavy atom. The van der Waals surface area contributed by atoms with Crippen molar-refractivity contribution in [1.82, 2.24) is 14.9 Å². The van der Waals surface area contributed by atoms with E-state index in [1.165, 1.54) is 29.7 Å². The third kappa shape index (κ3) is 2.81. The predicted octanol–water partition coefficient (Wildman–Crippen LogP) is 3.57. The lowest BCUT2D eigenvalue weighted by Crippen LogP contribution is -2.31. The van der Waals surface area contributed by atoms with Gasteiger partial charge in [0.15, 0.2) is 0 Å². The van der Waals surface area contributed by atoms with Crippen molar-refractivity contribution in [3.63, 3.8) is 0 Å². The average molecular weight is 300 g/mol. The number of hydrogen-bond acceptors (Lipinski definition) is 3. The number of benzene rings is 1. The first-order valence-corrected chi connectivity index (χ1v) is 7.98. The Bertz CT molecular complexity index is 667. The molecule has 1 saturated carbocycles. The van der Waals surface area contributed by atoms with Gasteiger partial charge in [-0.3, -0.25) is 4.90 Å². The number of aromatic nitrogens is 2. The fourth-order valence-corrected chi connectivity index (χ4v) is 3.13. The zero-order valence-electron chi connectivity index (χ0n) is 11.9. The summed E-state index contributed by atoms with van der Waals surface area (Å²) in [6, 6.07) is 8.08. The van der Waals surface area contributed by atoms with Crippen molar-refractivity contribution in [1.29, 1.82) is 0 Å². The van der Waals surface area contributed by atoms with E-state index in [-0.39, 0.29) is 0 Å². The van der Waals surface area contributed by atoms with Crippen LogP contribution in [0.4, 0.5) is 0 Å². The molecule has 1 aliphatic carbocycles. The molecule has 2 aromatic rings. The summed E-state index contributed by atoms with van der Waals surface area (Å²) in [5, 5.41) is 0.851. The lowest BCUT2D eigenvalue weighted by molar-refractivity contribution is 0.242. The highest BCUT2D eigenvalue weighted by Gasteiger charge is 2.28. The van der Waals surface area contributed by atoms with Crippen LogP contribution in [0, 0.1) is 0 Å². The summed E-state index contributed by atoms with van der Waals surface area (Å²) in [4.78, 5) is 11.7. The second-order valence-corrected chi connectivity index (χ2v) is 6.43. The van der Waals surface area contributed by atoms with Crippen molar-refractivity contribution < 1.29 is 0 Å². The van der Waals surface area contributed by atoms with Gasteiger partial charge >= 0.3 is 0 Å². The molecule has 1 aromatic heterocycles. The highest BCUT2D eigenvalue weighted by Crippen LogP contribution is 2.38. The van der Waals surface area contributed by atoms with Gasteiger partial charge in [-0.15, -0.1) is 0 Å². The fraction of sp³-hybridized carbons (Fsp3) is 0.412. The zero-order valence-corrected chi connectivity index (χ0v) is 12.7. The first kappa shape index (κ1) is 13.2. The molecule has 21 heavy (non-hydrogen) atoms. The largest absolute Gasteiger partial charge is 0.294 e. The van der Waals surface area contributed by atoms with Gasteiger partial charge in [-0.2, -0.15) is 0 Å². The molecule has 1 aliphatic heterocycles. The molecule has 0 N–H and O–H groups in total. The SMILES string of the molecule is Clc1ccccc1CN1CCc2nc(C3CC3)ncc2C1. The molecule has 2 aliphatic rings. The molecule has 4 rings (SSSR count). The van der Waals surface area contributed by atoms with Crippen LogP contribution in [0.15, 0.2) is 30.5 Å². The third-order valence-electron chi connectivity index (χ3n) is 4.33. The fourth-order valence-electron chi connectivity index (χ4n) is 2.93. The zero-order chi connectivity index (χ0) is 14.2. The molecule has 108 valence electrons. The Balaban J connectivity index is 1.50. The molecule has 3 nitrogen and oxygen atoms in total. The lowest BCUT2D eigenvalue weighted by Gasteiger charge is -2.28. The third-order valence-corrected chi connectivity index (χ3v) is 4.69. The number of fused-ring (bicyclic) bond motifs is 1. The van der Waals surface area contributed by atoms with E-state index in [0.29, 0.717) is 5.92 Å². The van der Waals surface area contributed by atoms with Gasteiger partial charge in [0.25, 0.3) is 0 Å². The maximum atomic E-state index is 6.25. The molecule has 0 bridgehead atoms. The Morgan fingerprint density at radius 3 is 2.90 bits per heavy atom. The summed E-state index contributed by atoms with van der Waals surface area (Å²) >= 11 is 6.25. The number of halogens is 1. The maximum absolute atomic E-state index is 6.25. The topological polar surface area (TPSA) is 29.0 Å². The summed E-state index contributed by atoms with van der Waals surface area (Å²) in [6.07, 6.45) is 5.58. The molecule has 4 heteroatoms. The van der Waals surface area contributed by atoms with Crippen molar-refractivity contribution in [3.05, 3.63) is 58.1 Å². The summed E-state index contributed by atoms with van der Waals surface area (Å²) in [7, 11) is 0. The number of hydrogen-bond donors (Lipinski definition) is 0. The molecule has 0 atom stereocenters. The van der Waals surface area contributed by atoms with E-state index in [4.69, 9.17) is 16.6 Å². The van der Waals surface area contributed by atoms with Gasteiger partial charge < -0.3 is 0 Å². The van der Waals surface area contributed by atoms with E-state index in [9.17, 15) is 0 Å². The highest BCUT2D eigenvalue weighted by atomic mass is 35.5. The van der Waals surface area contributed by atoms with Gasteiger partial charge in [0.1, 0.15) is 5.82 Å². The molecular weight excluding hydrogens is 282 g/mol. The molecular formula is C17H18ClN3. The monoisotopic (exact) mass is 299 g/mol. The van der Waals surface area contributed by atoms with Crippen molar-refractivity contribution in [2.75, 3.05) is 6.54 Å². The Labute approximate surface area is 130 Å². The Kier molecular flexibility index (Phi) is 3.40. The van der Waals surface area contributed by atoms with Gasteiger partial charge in [0, 0.05) is 54.4 Å². The summed E-state index contributed by atoms with van der Waals surface area (Å²) in [5.74, 6) is 1.70. The quantitative estimate of drug-likeness (QED) is 0.867. The minimum Gasteiger partial charge on any atom is -0.294 e. The van der Waals surface area contributed by atoms with E-state index in [0.717, 1.165) is 36.9 Å². The van der Waals surface area contributed by atoms with Gasteiger partial charge in [-0.1, -0.05) is 29.8 Å². The highest BCUT2D eigenvalue weighted by molar-refractivity contribution is 6.31. The summed E-state index contributed by atoms with van der Waals surface area (Å²) in [5.41, 5.74) is 3.72. The van der Waals surface area contributed by atoms with E-state index in [1.807, 2.05) is 24.4 Å². The average Bonchev–Trinajstić information content (AvgIpc) is 3.34. The number of rotatable bonds is 3. The summed E-state index contributed by atoms with van der Waals surface area (Å²) < 4.78 is 0. The normalized spacial score (nSPS) is 18.5. The molecule has 0 unspecified atom stereocenters. The molecule has 1 aromatic carbocycles. The van der Waals surface area contributed by atoms with Gasteiger partial charge in [0.2, 0.25) is 0 Å². The van der Waals surface area contributed by atoms with E-state index < -0.39 is 0 Å². The second-order valence-electron chi connectivity index (χ2n) is 6.03. The summed E-state index contributed by atoms with van der Waals surface area (Å²) in [6.45, 7) is 2.86. The van der Waals surface area contributed by atoms with Crippen LogP contribution in [0.3, 0.4) is 0 Å².